The van der Waals surface area contributed by atoms with E-state index in [1.165, 1.54) is 19.3 Å². The molecule has 4 heteroatoms. The van der Waals surface area contributed by atoms with Gasteiger partial charge in [-0.3, -0.25) is 0 Å². The third kappa shape index (κ3) is 3.56. The van der Waals surface area contributed by atoms with Gasteiger partial charge in [-0.1, -0.05) is 49.8 Å². The predicted octanol–water partition coefficient (Wildman–Crippen LogP) is 4.83. The minimum atomic E-state index is -0.531. The average molecular weight is 361 g/mol. The van der Waals surface area contributed by atoms with Crippen molar-refractivity contribution in [3.05, 3.63) is 33.3 Å². The summed E-state index contributed by atoms with van der Waals surface area (Å²) in [5.74, 6) is 0. The van der Waals surface area contributed by atoms with Crippen LogP contribution in [0.5, 0.6) is 0 Å². The van der Waals surface area contributed by atoms with Crippen molar-refractivity contribution in [1.82, 2.24) is 0 Å². The Balaban J connectivity index is 2.25. The molecule has 0 amide bonds. The van der Waals surface area contributed by atoms with Gasteiger partial charge in [0.1, 0.15) is 0 Å². The molecule has 1 atom stereocenters. The number of benzene rings is 1. The monoisotopic (exact) mass is 359 g/mol. The van der Waals surface area contributed by atoms with Gasteiger partial charge in [-0.15, -0.1) is 0 Å². The van der Waals surface area contributed by atoms with Crippen molar-refractivity contribution in [2.75, 3.05) is 6.54 Å². The summed E-state index contributed by atoms with van der Waals surface area (Å²) >= 11 is 9.54. The Labute approximate surface area is 134 Å². The maximum Gasteiger partial charge on any atom is 0.0858 e. The predicted molar refractivity (Wildman–Crippen MR) is 87.9 cm³/mol. The van der Waals surface area contributed by atoms with Crippen LogP contribution < -0.4 is 5.73 Å². The quantitative estimate of drug-likeness (QED) is 0.811. The third-order valence-corrected chi connectivity index (χ3v) is 5.83. The molecule has 0 saturated heterocycles. The summed E-state index contributed by atoms with van der Waals surface area (Å²) in [5.41, 5.74) is 6.74. The topological polar surface area (TPSA) is 46.2 Å². The second-order valence-electron chi connectivity index (χ2n) is 5.91. The third-order valence-electron chi connectivity index (χ3n) is 4.60. The first-order chi connectivity index (χ1) is 9.59. The largest absolute Gasteiger partial charge is 0.388 e. The normalized spacial score (nSPS) is 21.0. The average Bonchev–Trinajstić information content (AvgIpc) is 2.42. The number of aliphatic hydroxyl groups is 1. The number of hydrogen-bond donors (Lipinski definition) is 2. The standard InChI is InChI=1S/C16H23BrClNO/c17-13-7-6-12(10-14(13)18)15(20)16(11-19)8-4-2-1-3-5-9-16/h6-7,10,15,20H,1-5,8-9,11,19H2. The van der Waals surface area contributed by atoms with Crippen LogP contribution in [0.1, 0.15) is 56.6 Å². The molecule has 2 nitrogen and oxygen atoms in total. The molecule has 0 bridgehead atoms. The van der Waals surface area contributed by atoms with Gasteiger partial charge < -0.3 is 10.8 Å². The Bertz CT molecular complexity index is 444. The summed E-state index contributed by atoms with van der Waals surface area (Å²) in [4.78, 5) is 0. The van der Waals surface area contributed by atoms with Crippen molar-refractivity contribution >= 4 is 27.5 Å². The summed E-state index contributed by atoms with van der Waals surface area (Å²) in [6.07, 6.45) is 7.57. The van der Waals surface area contributed by atoms with E-state index in [0.29, 0.717) is 11.6 Å². The molecule has 0 heterocycles. The van der Waals surface area contributed by atoms with Crippen molar-refractivity contribution in [3.8, 4) is 0 Å². The fourth-order valence-electron chi connectivity index (χ4n) is 3.23. The number of nitrogens with two attached hydrogens (primary N) is 1. The number of halogens is 2. The van der Waals surface area contributed by atoms with E-state index < -0.39 is 6.10 Å². The highest BCUT2D eigenvalue weighted by Gasteiger charge is 2.37. The Hall–Kier alpha value is -0.0900. The van der Waals surface area contributed by atoms with Gasteiger partial charge in [0, 0.05) is 16.4 Å². The highest BCUT2D eigenvalue weighted by atomic mass is 79.9. The van der Waals surface area contributed by atoms with E-state index in [0.717, 1.165) is 35.7 Å². The van der Waals surface area contributed by atoms with E-state index in [1.54, 1.807) is 0 Å². The lowest BCUT2D eigenvalue weighted by Gasteiger charge is -2.39. The molecular weight excluding hydrogens is 338 g/mol. The van der Waals surface area contributed by atoms with Gasteiger partial charge in [0.05, 0.1) is 11.1 Å². The van der Waals surface area contributed by atoms with Crippen LogP contribution in [0.2, 0.25) is 5.02 Å². The first-order valence-electron chi connectivity index (χ1n) is 7.42. The molecule has 1 aliphatic rings. The van der Waals surface area contributed by atoms with E-state index in [1.807, 2.05) is 18.2 Å². The second kappa shape index (κ2) is 7.26. The Morgan fingerprint density at radius 2 is 1.80 bits per heavy atom. The van der Waals surface area contributed by atoms with Crippen LogP contribution in [0.15, 0.2) is 22.7 Å². The Morgan fingerprint density at radius 3 is 2.35 bits per heavy atom. The van der Waals surface area contributed by atoms with E-state index in [9.17, 15) is 5.11 Å². The SMILES string of the molecule is NCC1(C(O)c2ccc(Br)c(Cl)c2)CCCCCCC1. The van der Waals surface area contributed by atoms with Crippen LogP contribution in [0.25, 0.3) is 0 Å². The maximum atomic E-state index is 10.9. The Kier molecular flexibility index (Phi) is 5.91. The molecule has 0 aromatic heterocycles. The zero-order valence-corrected chi connectivity index (χ0v) is 14.1. The molecule has 1 aromatic carbocycles. The zero-order valence-electron chi connectivity index (χ0n) is 11.7. The molecule has 112 valence electrons. The number of hydrogen-bond acceptors (Lipinski definition) is 2. The molecule has 2 rings (SSSR count). The first-order valence-corrected chi connectivity index (χ1v) is 8.59. The van der Waals surface area contributed by atoms with E-state index >= 15 is 0 Å². The molecule has 3 N–H and O–H groups in total. The lowest BCUT2D eigenvalue weighted by atomic mass is 9.70. The lowest BCUT2D eigenvalue weighted by molar-refractivity contribution is 0.00848. The van der Waals surface area contributed by atoms with Crippen molar-refractivity contribution in [1.29, 1.82) is 0 Å². The minimum Gasteiger partial charge on any atom is -0.388 e. The molecule has 1 aromatic rings. The summed E-state index contributed by atoms with van der Waals surface area (Å²) in [6.45, 7) is 0.530. The molecule has 1 aliphatic carbocycles. The van der Waals surface area contributed by atoms with Gasteiger partial charge in [0.2, 0.25) is 0 Å². The summed E-state index contributed by atoms with van der Waals surface area (Å²) in [6, 6.07) is 5.69. The molecule has 0 radical (unpaired) electrons. The molecule has 1 saturated carbocycles. The second-order valence-corrected chi connectivity index (χ2v) is 7.17. The smallest absolute Gasteiger partial charge is 0.0858 e. The van der Waals surface area contributed by atoms with Crippen LogP contribution in [-0.2, 0) is 0 Å². The molecule has 20 heavy (non-hydrogen) atoms. The molecular formula is C16H23BrClNO. The zero-order chi connectivity index (χ0) is 14.6. The van der Waals surface area contributed by atoms with Crippen molar-refractivity contribution in [3.63, 3.8) is 0 Å². The van der Waals surface area contributed by atoms with E-state index in [2.05, 4.69) is 15.9 Å². The van der Waals surface area contributed by atoms with Gasteiger partial charge in [-0.25, -0.2) is 0 Å². The first kappa shape index (κ1) is 16.3. The van der Waals surface area contributed by atoms with Crippen molar-refractivity contribution in [2.24, 2.45) is 11.1 Å². The number of rotatable bonds is 3. The highest BCUT2D eigenvalue weighted by Crippen LogP contribution is 2.44. The lowest BCUT2D eigenvalue weighted by Crippen LogP contribution is -2.37. The minimum absolute atomic E-state index is 0.197. The molecule has 1 fully saturated rings. The van der Waals surface area contributed by atoms with Gasteiger partial charge >= 0.3 is 0 Å². The summed E-state index contributed by atoms with van der Waals surface area (Å²) in [7, 11) is 0. The van der Waals surface area contributed by atoms with Crippen molar-refractivity contribution in [2.45, 2.75) is 51.0 Å². The van der Waals surface area contributed by atoms with Crippen LogP contribution >= 0.6 is 27.5 Å². The molecule has 0 aliphatic heterocycles. The van der Waals surface area contributed by atoms with E-state index in [-0.39, 0.29) is 5.41 Å². The van der Waals surface area contributed by atoms with E-state index in [4.69, 9.17) is 17.3 Å². The summed E-state index contributed by atoms with van der Waals surface area (Å²) < 4.78 is 0.856. The fraction of sp³-hybridized carbons (Fsp3) is 0.625. The van der Waals surface area contributed by atoms with Gasteiger partial charge in [-0.05, 0) is 46.5 Å². The van der Waals surface area contributed by atoms with Gasteiger partial charge in [0.15, 0.2) is 0 Å². The summed E-state index contributed by atoms with van der Waals surface area (Å²) in [5, 5.41) is 11.5. The molecule has 1 unspecified atom stereocenters. The van der Waals surface area contributed by atoms with Crippen LogP contribution in [-0.4, -0.2) is 11.7 Å². The van der Waals surface area contributed by atoms with Crippen LogP contribution in [0.3, 0.4) is 0 Å². The molecule has 0 spiro atoms. The van der Waals surface area contributed by atoms with Gasteiger partial charge in [-0.2, -0.15) is 0 Å². The highest BCUT2D eigenvalue weighted by molar-refractivity contribution is 9.10. The van der Waals surface area contributed by atoms with Crippen LogP contribution in [0, 0.1) is 5.41 Å². The Morgan fingerprint density at radius 1 is 1.20 bits per heavy atom. The number of aliphatic hydroxyl groups excluding tert-OH is 1. The van der Waals surface area contributed by atoms with Gasteiger partial charge in [0.25, 0.3) is 0 Å². The van der Waals surface area contributed by atoms with Crippen LogP contribution in [0.4, 0.5) is 0 Å². The maximum absolute atomic E-state index is 10.9. The fourth-order valence-corrected chi connectivity index (χ4v) is 3.67. The van der Waals surface area contributed by atoms with Crippen molar-refractivity contribution < 1.29 is 5.11 Å².